The molecule has 152 valence electrons. The highest BCUT2D eigenvalue weighted by Gasteiger charge is 2.24. The minimum Gasteiger partial charge on any atom is -0.507 e. The van der Waals surface area contributed by atoms with Crippen LogP contribution in [0.3, 0.4) is 0 Å². The molecule has 0 atom stereocenters. The number of rotatable bonds is 5. The summed E-state index contributed by atoms with van der Waals surface area (Å²) in [6.45, 7) is 0. The molecule has 4 aromatic rings. The molecular weight excluding hydrogens is 407 g/mol. The van der Waals surface area contributed by atoms with E-state index in [1.165, 1.54) is 36.5 Å². The zero-order chi connectivity index (χ0) is 21.3. The van der Waals surface area contributed by atoms with Crippen LogP contribution in [-0.2, 0) is 15.6 Å². The van der Waals surface area contributed by atoms with Crippen molar-refractivity contribution in [2.75, 3.05) is 0 Å². The van der Waals surface area contributed by atoms with Crippen LogP contribution in [0.5, 0.6) is 11.5 Å². The third-order valence-corrected chi connectivity index (χ3v) is 6.31. The van der Waals surface area contributed by atoms with E-state index in [9.17, 15) is 23.0 Å². The van der Waals surface area contributed by atoms with Gasteiger partial charge in [0.25, 0.3) is 0 Å². The van der Waals surface area contributed by atoms with E-state index in [4.69, 9.17) is 0 Å². The fourth-order valence-corrected chi connectivity index (χ4v) is 4.63. The first-order valence-electron chi connectivity index (χ1n) is 8.98. The average molecular weight is 424 g/mol. The van der Waals surface area contributed by atoms with Gasteiger partial charge in [0.15, 0.2) is 9.84 Å². The van der Waals surface area contributed by atoms with Crippen LogP contribution in [0.25, 0.3) is 16.9 Å². The van der Waals surface area contributed by atoms with Gasteiger partial charge in [-0.3, -0.25) is 0 Å². The Bertz CT molecular complexity index is 1300. The molecule has 0 aliphatic carbocycles. The molecule has 2 N–H and O–H groups in total. The Morgan fingerprint density at radius 2 is 1.60 bits per heavy atom. The maximum Gasteiger partial charge on any atom is 0.186 e. The summed E-state index contributed by atoms with van der Waals surface area (Å²) in [7, 11) is -3.98. The minimum atomic E-state index is -3.98. The number of aromatic nitrogens is 2. The summed E-state index contributed by atoms with van der Waals surface area (Å²) in [6, 6.07) is 18.1. The van der Waals surface area contributed by atoms with Crippen LogP contribution in [0.2, 0.25) is 0 Å². The van der Waals surface area contributed by atoms with Crippen LogP contribution in [0.15, 0.2) is 83.9 Å². The fraction of sp³-hybridized carbons (Fsp3) is 0.0455. The molecular formula is C22H17FN2O4S. The highest BCUT2D eigenvalue weighted by molar-refractivity contribution is 7.90. The summed E-state index contributed by atoms with van der Waals surface area (Å²) in [5.41, 5.74) is 1.75. The SMILES string of the molecule is O=S(=O)(Cc1ccc(F)cc1)c1cc(-c2ccnn2-c2ccccc2)c(O)cc1O. The van der Waals surface area contributed by atoms with Gasteiger partial charge < -0.3 is 10.2 Å². The van der Waals surface area contributed by atoms with E-state index in [0.717, 1.165) is 11.8 Å². The summed E-state index contributed by atoms with van der Waals surface area (Å²) >= 11 is 0. The normalized spacial score (nSPS) is 11.5. The standard InChI is InChI=1S/C22H17FN2O4S/c23-16-8-6-15(7-9-16)14-30(28,29)22-12-18(20(26)13-21(22)27)19-10-11-24-25(19)17-4-2-1-3-5-17/h1-13,26-27H,14H2. The Labute approximate surface area is 172 Å². The van der Waals surface area contributed by atoms with Gasteiger partial charge in [-0.15, -0.1) is 0 Å². The maximum absolute atomic E-state index is 13.1. The van der Waals surface area contributed by atoms with Crippen molar-refractivity contribution in [2.45, 2.75) is 10.6 Å². The van der Waals surface area contributed by atoms with Gasteiger partial charge in [-0.25, -0.2) is 17.5 Å². The number of sulfone groups is 1. The molecule has 8 heteroatoms. The average Bonchev–Trinajstić information content (AvgIpc) is 3.19. The van der Waals surface area contributed by atoms with E-state index in [1.807, 2.05) is 30.3 Å². The molecule has 0 saturated heterocycles. The molecule has 0 radical (unpaired) electrons. The lowest BCUT2D eigenvalue weighted by atomic mass is 10.1. The molecule has 1 aromatic heterocycles. The summed E-state index contributed by atoms with van der Waals surface area (Å²) in [5.74, 6) is -1.75. The van der Waals surface area contributed by atoms with Crippen molar-refractivity contribution < 1.29 is 23.0 Å². The summed E-state index contributed by atoms with van der Waals surface area (Å²) < 4.78 is 40.5. The molecule has 0 bridgehead atoms. The van der Waals surface area contributed by atoms with Crippen LogP contribution in [0.4, 0.5) is 4.39 Å². The second-order valence-corrected chi connectivity index (χ2v) is 8.64. The summed E-state index contributed by atoms with van der Waals surface area (Å²) in [5, 5.41) is 24.9. The molecule has 4 rings (SSSR count). The number of para-hydroxylation sites is 1. The van der Waals surface area contributed by atoms with E-state index in [-0.39, 0.29) is 16.2 Å². The third kappa shape index (κ3) is 3.77. The number of nitrogens with zero attached hydrogens (tertiary/aromatic N) is 2. The predicted octanol–water partition coefficient (Wildman–Crippen LogP) is 4.06. The number of phenols is 2. The number of hydrogen-bond acceptors (Lipinski definition) is 5. The Morgan fingerprint density at radius 3 is 2.30 bits per heavy atom. The van der Waals surface area contributed by atoms with Gasteiger partial charge in [0.2, 0.25) is 0 Å². The molecule has 30 heavy (non-hydrogen) atoms. The first-order chi connectivity index (χ1) is 14.3. The zero-order valence-electron chi connectivity index (χ0n) is 15.6. The van der Waals surface area contributed by atoms with Gasteiger partial charge in [-0.05, 0) is 42.0 Å². The van der Waals surface area contributed by atoms with Crippen LogP contribution in [-0.4, -0.2) is 28.4 Å². The largest absolute Gasteiger partial charge is 0.507 e. The smallest absolute Gasteiger partial charge is 0.186 e. The monoisotopic (exact) mass is 424 g/mol. The molecule has 1 heterocycles. The molecule has 0 aliphatic heterocycles. The lowest BCUT2D eigenvalue weighted by molar-refractivity contribution is 0.440. The van der Waals surface area contributed by atoms with Crippen molar-refractivity contribution in [1.82, 2.24) is 9.78 Å². The van der Waals surface area contributed by atoms with E-state index >= 15 is 0 Å². The molecule has 0 fully saturated rings. The minimum absolute atomic E-state index is 0.201. The van der Waals surface area contributed by atoms with Gasteiger partial charge in [-0.2, -0.15) is 5.10 Å². The number of hydrogen-bond donors (Lipinski definition) is 2. The summed E-state index contributed by atoms with van der Waals surface area (Å²) in [6.07, 6.45) is 1.53. The molecule has 0 amide bonds. The highest BCUT2D eigenvalue weighted by Crippen LogP contribution is 2.38. The van der Waals surface area contributed by atoms with Crippen LogP contribution in [0, 0.1) is 5.82 Å². The maximum atomic E-state index is 13.1. The topological polar surface area (TPSA) is 92.4 Å². The number of phenolic OH excluding ortho intramolecular Hbond substituents is 2. The molecule has 6 nitrogen and oxygen atoms in total. The second-order valence-electron chi connectivity index (χ2n) is 6.69. The lowest BCUT2D eigenvalue weighted by Crippen LogP contribution is -2.06. The predicted molar refractivity (Wildman–Crippen MR) is 110 cm³/mol. The highest BCUT2D eigenvalue weighted by atomic mass is 32.2. The molecule has 0 unspecified atom stereocenters. The Morgan fingerprint density at radius 1 is 0.900 bits per heavy atom. The fourth-order valence-electron chi connectivity index (χ4n) is 3.17. The van der Waals surface area contributed by atoms with E-state index in [0.29, 0.717) is 11.3 Å². The van der Waals surface area contributed by atoms with E-state index < -0.39 is 27.2 Å². The van der Waals surface area contributed by atoms with Crippen molar-refractivity contribution in [1.29, 1.82) is 0 Å². The van der Waals surface area contributed by atoms with Gasteiger partial charge in [0.05, 0.1) is 23.3 Å². The molecule has 3 aromatic carbocycles. The van der Waals surface area contributed by atoms with Crippen LogP contribution in [0.1, 0.15) is 5.56 Å². The van der Waals surface area contributed by atoms with E-state index in [1.54, 1.807) is 10.7 Å². The summed E-state index contributed by atoms with van der Waals surface area (Å²) in [4.78, 5) is -0.333. The Balaban J connectivity index is 1.79. The number of aromatic hydroxyl groups is 2. The molecule has 0 saturated carbocycles. The molecule has 0 spiro atoms. The van der Waals surface area contributed by atoms with Gasteiger partial charge in [-0.1, -0.05) is 30.3 Å². The van der Waals surface area contributed by atoms with Crippen molar-refractivity contribution in [3.8, 4) is 28.4 Å². The van der Waals surface area contributed by atoms with Crippen molar-refractivity contribution >= 4 is 9.84 Å². The Hall–Kier alpha value is -3.65. The van der Waals surface area contributed by atoms with Crippen molar-refractivity contribution in [3.05, 3.63) is 90.4 Å². The first kappa shape index (κ1) is 19.7. The second kappa shape index (κ2) is 7.64. The number of halogens is 1. The lowest BCUT2D eigenvalue weighted by Gasteiger charge is -2.13. The van der Waals surface area contributed by atoms with Gasteiger partial charge in [0, 0.05) is 11.6 Å². The van der Waals surface area contributed by atoms with Gasteiger partial charge in [0.1, 0.15) is 22.2 Å². The number of benzene rings is 3. The Kier molecular flexibility index (Phi) is 5.01. The van der Waals surface area contributed by atoms with Crippen molar-refractivity contribution in [2.24, 2.45) is 0 Å². The van der Waals surface area contributed by atoms with Gasteiger partial charge >= 0.3 is 0 Å². The van der Waals surface area contributed by atoms with Crippen LogP contribution < -0.4 is 0 Å². The van der Waals surface area contributed by atoms with Crippen molar-refractivity contribution in [3.63, 3.8) is 0 Å². The zero-order valence-corrected chi connectivity index (χ0v) is 16.4. The molecule has 0 aliphatic rings. The first-order valence-corrected chi connectivity index (χ1v) is 10.6. The van der Waals surface area contributed by atoms with Crippen LogP contribution >= 0.6 is 0 Å². The van der Waals surface area contributed by atoms with E-state index in [2.05, 4.69) is 5.10 Å². The quantitative estimate of drug-likeness (QED) is 0.504. The third-order valence-electron chi connectivity index (χ3n) is 4.60.